The molecule has 6 heteroatoms. The first-order chi connectivity index (χ1) is 11.2. The zero-order chi connectivity index (χ0) is 18.3. The van der Waals surface area contributed by atoms with Crippen LogP contribution in [0.25, 0.3) is 0 Å². The summed E-state index contributed by atoms with van der Waals surface area (Å²) >= 11 is 0. The summed E-state index contributed by atoms with van der Waals surface area (Å²) in [6, 6.07) is 4.58. The molecule has 0 fully saturated rings. The van der Waals surface area contributed by atoms with Crippen LogP contribution in [0.3, 0.4) is 0 Å². The minimum absolute atomic E-state index is 0.108. The lowest BCUT2D eigenvalue weighted by Gasteiger charge is -2.29. The van der Waals surface area contributed by atoms with E-state index >= 15 is 0 Å². The van der Waals surface area contributed by atoms with E-state index in [0.29, 0.717) is 25.8 Å². The standard InChI is InChI=1S/C18H27NO5/c1-5-18(3,11-12(2)16(22)24-4)17(23)19-9-8-13-6-7-14(20)15(21)10-13/h6-7,10,12,20-21H,5,8-9,11H2,1-4H3,(H,19,23). The van der Waals surface area contributed by atoms with Crippen molar-refractivity contribution >= 4 is 11.9 Å². The van der Waals surface area contributed by atoms with Gasteiger partial charge in [0, 0.05) is 12.0 Å². The quantitative estimate of drug-likeness (QED) is 0.500. The summed E-state index contributed by atoms with van der Waals surface area (Å²) in [7, 11) is 1.34. The van der Waals surface area contributed by atoms with Crippen LogP contribution in [0.1, 0.15) is 39.2 Å². The minimum Gasteiger partial charge on any atom is -0.504 e. The maximum absolute atomic E-state index is 12.5. The highest BCUT2D eigenvalue weighted by Gasteiger charge is 2.34. The van der Waals surface area contributed by atoms with Crippen molar-refractivity contribution in [2.24, 2.45) is 11.3 Å². The van der Waals surface area contributed by atoms with E-state index in [1.165, 1.54) is 19.2 Å². The van der Waals surface area contributed by atoms with Gasteiger partial charge in [0.15, 0.2) is 11.5 Å². The molecule has 0 heterocycles. The van der Waals surface area contributed by atoms with Gasteiger partial charge in [0.05, 0.1) is 13.0 Å². The molecule has 1 amide bonds. The fourth-order valence-electron chi connectivity index (χ4n) is 2.62. The second kappa shape index (κ2) is 8.57. The number of carbonyl (C=O) groups excluding carboxylic acids is 2. The van der Waals surface area contributed by atoms with E-state index in [1.807, 2.05) is 13.8 Å². The molecule has 0 saturated carbocycles. The van der Waals surface area contributed by atoms with Crippen molar-refractivity contribution in [3.05, 3.63) is 23.8 Å². The van der Waals surface area contributed by atoms with Gasteiger partial charge >= 0.3 is 5.97 Å². The third-order valence-electron chi connectivity index (χ3n) is 4.43. The van der Waals surface area contributed by atoms with Gasteiger partial charge in [0.2, 0.25) is 5.91 Å². The van der Waals surface area contributed by atoms with Crippen molar-refractivity contribution in [1.29, 1.82) is 0 Å². The number of esters is 1. The van der Waals surface area contributed by atoms with Crippen molar-refractivity contribution in [3.8, 4) is 11.5 Å². The topological polar surface area (TPSA) is 95.9 Å². The van der Waals surface area contributed by atoms with Gasteiger partial charge < -0.3 is 20.3 Å². The second-order valence-electron chi connectivity index (χ2n) is 6.37. The molecule has 1 aromatic carbocycles. The molecule has 6 nitrogen and oxygen atoms in total. The fraction of sp³-hybridized carbons (Fsp3) is 0.556. The van der Waals surface area contributed by atoms with Crippen LogP contribution < -0.4 is 5.32 Å². The van der Waals surface area contributed by atoms with E-state index in [0.717, 1.165) is 5.56 Å². The Balaban J connectivity index is 2.60. The van der Waals surface area contributed by atoms with Crippen molar-refractivity contribution < 1.29 is 24.5 Å². The molecule has 3 N–H and O–H groups in total. The van der Waals surface area contributed by atoms with Crippen LogP contribution in [0.2, 0.25) is 0 Å². The average Bonchev–Trinajstić information content (AvgIpc) is 2.56. The predicted molar refractivity (Wildman–Crippen MR) is 90.7 cm³/mol. The van der Waals surface area contributed by atoms with Crippen LogP contribution in [0.5, 0.6) is 11.5 Å². The van der Waals surface area contributed by atoms with E-state index in [1.54, 1.807) is 13.0 Å². The van der Waals surface area contributed by atoms with E-state index in [-0.39, 0.29) is 29.3 Å². The summed E-state index contributed by atoms with van der Waals surface area (Å²) in [6.45, 7) is 5.92. The molecule has 0 aliphatic carbocycles. The third kappa shape index (κ3) is 5.15. The molecule has 0 aliphatic heterocycles. The molecule has 0 aromatic heterocycles. The molecular weight excluding hydrogens is 310 g/mol. The Morgan fingerprint density at radius 3 is 2.50 bits per heavy atom. The number of nitrogens with one attached hydrogen (secondary N) is 1. The van der Waals surface area contributed by atoms with E-state index in [2.05, 4.69) is 5.32 Å². The maximum Gasteiger partial charge on any atom is 0.308 e. The lowest BCUT2D eigenvalue weighted by Crippen LogP contribution is -2.41. The van der Waals surface area contributed by atoms with Crippen LogP contribution in [-0.4, -0.2) is 35.7 Å². The van der Waals surface area contributed by atoms with E-state index < -0.39 is 5.41 Å². The number of hydrogen-bond donors (Lipinski definition) is 3. The van der Waals surface area contributed by atoms with Crippen molar-refractivity contribution in [2.75, 3.05) is 13.7 Å². The normalized spacial score (nSPS) is 14.5. The predicted octanol–water partition coefficient (Wildman–Crippen LogP) is 2.37. The number of aromatic hydroxyl groups is 2. The SMILES string of the molecule is CCC(C)(CC(C)C(=O)OC)C(=O)NCCc1ccc(O)c(O)c1. The first kappa shape index (κ1) is 19.8. The number of hydrogen-bond acceptors (Lipinski definition) is 5. The Labute approximate surface area is 142 Å². The van der Waals surface area contributed by atoms with Crippen molar-refractivity contribution in [1.82, 2.24) is 5.32 Å². The Morgan fingerprint density at radius 2 is 1.96 bits per heavy atom. The highest BCUT2D eigenvalue weighted by atomic mass is 16.5. The van der Waals surface area contributed by atoms with Gasteiger partial charge in [-0.1, -0.05) is 26.8 Å². The molecule has 0 radical (unpaired) electrons. The van der Waals surface area contributed by atoms with Gasteiger partial charge in [-0.3, -0.25) is 9.59 Å². The Hall–Kier alpha value is -2.24. The largest absolute Gasteiger partial charge is 0.504 e. The van der Waals surface area contributed by atoms with Gasteiger partial charge in [-0.2, -0.15) is 0 Å². The lowest BCUT2D eigenvalue weighted by molar-refractivity contribution is -0.146. The van der Waals surface area contributed by atoms with Crippen molar-refractivity contribution in [3.63, 3.8) is 0 Å². The summed E-state index contributed by atoms with van der Waals surface area (Å²) in [5.74, 6) is -1.12. The molecule has 2 atom stereocenters. The Morgan fingerprint density at radius 1 is 1.29 bits per heavy atom. The molecule has 0 aliphatic rings. The number of phenolic OH excluding ortho intramolecular Hbond substituents is 2. The highest BCUT2D eigenvalue weighted by Crippen LogP contribution is 2.30. The van der Waals surface area contributed by atoms with Crippen LogP contribution in [0.4, 0.5) is 0 Å². The summed E-state index contributed by atoms with van der Waals surface area (Å²) in [6.07, 6.45) is 1.56. The highest BCUT2D eigenvalue weighted by molar-refractivity contribution is 5.83. The fourth-order valence-corrected chi connectivity index (χ4v) is 2.62. The van der Waals surface area contributed by atoms with Crippen LogP contribution in [0, 0.1) is 11.3 Å². The zero-order valence-electron chi connectivity index (χ0n) is 14.8. The van der Waals surface area contributed by atoms with Gasteiger partial charge in [0.1, 0.15) is 0 Å². The number of carbonyl (C=O) groups is 2. The monoisotopic (exact) mass is 337 g/mol. The summed E-state index contributed by atoms with van der Waals surface area (Å²) in [4.78, 5) is 24.1. The van der Waals surface area contributed by atoms with Gasteiger partial charge in [-0.25, -0.2) is 0 Å². The number of phenols is 2. The molecule has 2 unspecified atom stereocenters. The third-order valence-corrected chi connectivity index (χ3v) is 4.43. The second-order valence-corrected chi connectivity index (χ2v) is 6.37. The summed E-state index contributed by atoms with van der Waals surface area (Å²) in [5, 5.41) is 21.6. The number of benzene rings is 1. The minimum atomic E-state index is -0.648. The summed E-state index contributed by atoms with van der Waals surface area (Å²) < 4.78 is 4.73. The summed E-state index contributed by atoms with van der Waals surface area (Å²) in [5.41, 5.74) is 0.164. The molecule has 1 rings (SSSR count). The van der Waals surface area contributed by atoms with Gasteiger partial charge in [0.25, 0.3) is 0 Å². The molecule has 0 bridgehead atoms. The van der Waals surface area contributed by atoms with E-state index in [4.69, 9.17) is 4.74 Å². The smallest absolute Gasteiger partial charge is 0.308 e. The van der Waals surface area contributed by atoms with Crippen LogP contribution in [-0.2, 0) is 20.7 Å². The lowest BCUT2D eigenvalue weighted by atomic mass is 9.78. The van der Waals surface area contributed by atoms with Crippen LogP contribution >= 0.6 is 0 Å². The van der Waals surface area contributed by atoms with Gasteiger partial charge in [-0.15, -0.1) is 0 Å². The first-order valence-corrected chi connectivity index (χ1v) is 8.10. The number of ether oxygens (including phenoxy) is 1. The average molecular weight is 337 g/mol. The molecule has 24 heavy (non-hydrogen) atoms. The van der Waals surface area contributed by atoms with Crippen LogP contribution in [0.15, 0.2) is 18.2 Å². The molecule has 134 valence electrons. The van der Waals surface area contributed by atoms with E-state index in [9.17, 15) is 19.8 Å². The maximum atomic E-state index is 12.5. The molecule has 1 aromatic rings. The van der Waals surface area contributed by atoms with Gasteiger partial charge in [-0.05, 0) is 37.0 Å². The molecule has 0 saturated heterocycles. The Bertz CT molecular complexity index is 587. The number of methoxy groups -OCH3 is 1. The number of rotatable bonds is 8. The zero-order valence-corrected chi connectivity index (χ0v) is 14.8. The number of amides is 1. The Kier molecular flexibility index (Phi) is 7.07. The van der Waals surface area contributed by atoms with Crippen molar-refractivity contribution in [2.45, 2.75) is 40.0 Å². The molecule has 0 spiro atoms. The molecular formula is C18H27NO5. The first-order valence-electron chi connectivity index (χ1n) is 8.10.